The standard InChI is InChI=1S/CH40N36/c1-3-5-7-9-11-13-15-17-19-21-23-25-27-29-31-33-35-37-36-34-32-30-28-26-24-22-20-18-16-14-12-10-8-6-4-2/h3-37H,2H2,1H3. The van der Waals surface area contributed by atoms with Crippen LogP contribution in [0.1, 0.15) is 0 Å². The van der Waals surface area contributed by atoms with Crippen LogP contribution in [-0.4, -0.2) is 7.05 Å². The van der Waals surface area contributed by atoms with Gasteiger partial charge in [-0.05, 0) is 7.05 Å². The van der Waals surface area contributed by atoms with E-state index in [9.17, 15) is 0 Å². The fourth-order valence-corrected chi connectivity index (χ4v) is 1.07. The van der Waals surface area contributed by atoms with Crippen molar-refractivity contribution in [2.75, 3.05) is 7.05 Å². The zero-order valence-electron chi connectivity index (χ0n) is 19.1. The molecule has 0 aromatic heterocycles. The largest absolute Gasteiger partial charge is 0.257 e. The van der Waals surface area contributed by atoms with Crippen molar-refractivity contribution in [3.63, 3.8) is 0 Å². The third kappa shape index (κ3) is 34.6. The zero-order chi connectivity index (χ0) is 26.7. The first-order valence-corrected chi connectivity index (χ1v) is 9.29. The molecule has 0 saturated heterocycles. The lowest BCUT2D eigenvalue weighted by molar-refractivity contribution is 0.181. The lowest BCUT2D eigenvalue weighted by Gasteiger charge is -2.16. The summed E-state index contributed by atoms with van der Waals surface area (Å²) >= 11 is 0. The highest BCUT2D eigenvalue weighted by molar-refractivity contribution is 4.20. The predicted octanol–water partition coefficient (Wildman–Crippen LogP) is -17.8. The Morgan fingerprint density at radius 2 is 0.351 bits per heavy atom. The molecule has 36 heteroatoms. The van der Waals surface area contributed by atoms with Crippen LogP contribution in [0.5, 0.6) is 0 Å². The first-order chi connectivity index (χ1) is 18.4. The molecule has 0 aliphatic carbocycles. The van der Waals surface area contributed by atoms with Gasteiger partial charge in [-0.15, -0.1) is 0 Å². The number of nitrogens with two attached hydrogens (primary N) is 1. The van der Waals surface area contributed by atoms with Gasteiger partial charge in [-0.3, -0.25) is 5.84 Å². The summed E-state index contributed by atoms with van der Waals surface area (Å²) in [6, 6.07) is 0. The Morgan fingerprint density at radius 3 is 0.486 bits per heavy atom. The van der Waals surface area contributed by atoms with Crippen LogP contribution in [-0.2, 0) is 0 Å². The number of hydrogen-bond donors (Lipinski definition) is 36. The molecular formula is CH40N36. The average Bonchev–Trinajstić information content (AvgIpc) is 2.91. The molecule has 0 amide bonds. The minimum absolute atomic E-state index is 1.69. The van der Waals surface area contributed by atoms with Crippen LogP contribution in [0.2, 0.25) is 0 Å². The van der Waals surface area contributed by atoms with Gasteiger partial charge in [-0.2, -0.15) is 188 Å². The van der Waals surface area contributed by atoms with E-state index in [1.807, 2.05) is 0 Å². The van der Waals surface area contributed by atoms with E-state index in [1.54, 1.807) is 7.05 Å². The SMILES string of the molecule is CNNNNNNNNNNNNNNNNNNNNNNNNNNNNNNNNNNNN. The fourth-order valence-electron chi connectivity index (χ4n) is 1.07. The van der Waals surface area contributed by atoms with Crippen LogP contribution in [0.15, 0.2) is 0 Å². The van der Waals surface area contributed by atoms with E-state index in [1.165, 1.54) is 0 Å². The van der Waals surface area contributed by atoms with Gasteiger partial charge in [0.15, 0.2) is 0 Å². The van der Waals surface area contributed by atoms with Gasteiger partial charge >= 0.3 is 0 Å². The van der Waals surface area contributed by atoms with Crippen molar-refractivity contribution in [1.82, 2.24) is 194 Å². The maximum absolute atomic E-state index is 4.93. The lowest BCUT2D eigenvalue weighted by atomic mass is 11.5. The van der Waals surface area contributed by atoms with E-state index in [4.69, 9.17) is 5.84 Å². The summed E-state index contributed by atoms with van der Waals surface area (Å²) in [7, 11) is 1.69. The highest BCUT2D eigenvalue weighted by Crippen LogP contribution is 1.31. The molecule has 0 aliphatic heterocycles. The van der Waals surface area contributed by atoms with Gasteiger partial charge in [-0.1, -0.05) is 0 Å². The lowest BCUT2D eigenvalue weighted by Crippen LogP contribution is -2.70. The third-order valence-electron chi connectivity index (χ3n) is 2.20. The van der Waals surface area contributed by atoms with Crippen LogP contribution in [0.3, 0.4) is 0 Å². The molecule has 0 rings (SSSR count). The summed E-state index contributed by atoms with van der Waals surface area (Å²) in [5.74, 6) is 4.93. The molecule has 0 bridgehead atoms. The molecule has 37 N–H and O–H groups in total. The molecule has 0 atom stereocenters. The average molecular weight is 557 g/mol. The Bertz CT molecular complexity index is 332. The first-order valence-electron chi connectivity index (χ1n) is 9.29. The molecule has 36 nitrogen and oxygen atoms in total. The Morgan fingerprint density at radius 1 is 0.216 bits per heavy atom. The highest BCUT2D eigenvalue weighted by atomic mass is 16.0. The minimum Gasteiger partial charge on any atom is -0.257 e. The van der Waals surface area contributed by atoms with Crippen LogP contribution >= 0.6 is 0 Å². The third-order valence-corrected chi connectivity index (χ3v) is 2.20. The Labute approximate surface area is 207 Å². The molecule has 0 aromatic carbocycles. The van der Waals surface area contributed by atoms with E-state index in [0.717, 1.165) is 0 Å². The van der Waals surface area contributed by atoms with Gasteiger partial charge < -0.3 is 0 Å². The van der Waals surface area contributed by atoms with Gasteiger partial charge in [0.25, 0.3) is 0 Å². The van der Waals surface area contributed by atoms with Crippen LogP contribution in [0.4, 0.5) is 0 Å². The van der Waals surface area contributed by atoms with E-state index >= 15 is 0 Å². The predicted molar refractivity (Wildman–Crippen MR) is 120 cm³/mol. The summed E-state index contributed by atoms with van der Waals surface area (Å²) in [5, 5.41) is 0. The van der Waals surface area contributed by atoms with Crippen molar-refractivity contribution in [2.45, 2.75) is 0 Å². The smallest absolute Gasteiger partial charge is 0.000111 e. The Balaban J connectivity index is 3.00. The molecule has 0 fully saturated rings. The summed E-state index contributed by atoms with van der Waals surface area (Å²) < 4.78 is 0. The molecule has 37 heavy (non-hydrogen) atoms. The van der Waals surface area contributed by atoms with Crippen LogP contribution < -0.4 is 199 Å². The van der Waals surface area contributed by atoms with Crippen molar-refractivity contribution < 1.29 is 0 Å². The molecule has 0 heterocycles. The highest BCUT2D eigenvalue weighted by Gasteiger charge is 1.86. The second kappa shape index (κ2) is 34.6. The number of hydrazine groups is 35. The Hall–Kier alpha value is -1.44. The molecule has 0 radical (unpaired) electrons. The zero-order valence-corrected chi connectivity index (χ0v) is 19.1. The van der Waals surface area contributed by atoms with E-state index in [-0.39, 0.29) is 0 Å². The van der Waals surface area contributed by atoms with Crippen molar-refractivity contribution in [3.8, 4) is 0 Å². The first kappa shape index (κ1) is 35.6. The van der Waals surface area contributed by atoms with Gasteiger partial charge in [-0.25, -0.2) is 5.43 Å². The van der Waals surface area contributed by atoms with E-state index < -0.39 is 0 Å². The van der Waals surface area contributed by atoms with Gasteiger partial charge in [0.1, 0.15) is 0 Å². The normalized spacial score (nSPS) is 11.5. The number of hydrogen-bond acceptors (Lipinski definition) is 36. The molecule has 0 spiro atoms. The summed E-state index contributed by atoms with van der Waals surface area (Å²) in [6.45, 7) is 0. The molecule has 0 aromatic rings. The van der Waals surface area contributed by atoms with Crippen molar-refractivity contribution in [3.05, 3.63) is 0 Å². The van der Waals surface area contributed by atoms with Crippen molar-refractivity contribution in [2.24, 2.45) is 5.84 Å². The topological polar surface area (TPSA) is 447 Å². The second-order valence-corrected chi connectivity index (χ2v) is 4.52. The summed E-state index contributed by atoms with van der Waals surface area (Å²) in [5.41, 5.74) is 86.9. The molecule has 0 saturated carbocycles. The van der Waals surface area contributed by atoms with E-state index in [0.29, 0.717) is 0 Å². The monoisotopic (exact) mass is 556 g/mol. The number of nitrogens with one attached hydrogen (secondary N) is 35. The molecular weight excluding hydrogens is 516 g/mol. The quantitative estimate of drug-likeness (QED) is 0.0198. The second-order valence-electron chi connectivity index (χ2n) is 4.52. The van der Waals surface area contributed by atoms with Gasteiger partial charge in [0.05, 0.1) is 0 Å². The van der Waals surface area contributed by atoms with E-state index in [2.05, 4.69) is 194 Å². The van der Waals surface area contributed by atoms with Crippen molar-refractivity contribution >= 4 is 0 Å². The number of rotatable bonds is 34. The summed E-state index contributed by atoms with van der Waals surface area (Å²) in [6.07, 6.45) is 0. The van der Waals surface area contributed by atoms with Crippen molar-refractivity contribution in [1.29, 1.82) is 0 Å². The minimum atomic E-state index is 1.69. The molecule has 0 aliphatic rings. The van der Waals surface area contributed by atoms with Gasteiger partial charge in [0, 0.05) is 0 Å². The maximum atomic E-state index is 4.93. The summed E-state index contributed by atoms with van der Waals surface area (Å²) in [4.78, 5) is 0. The maximum Gasteiger partial charge on any atom is -0.000111 e. The molecule has 0 unspecified atom stereocenters. The van der Waals surface area contributed by atoms with Crippen LogP contribution in [0, 0.1) is 0 Å². The molecule has 224 valence electrons. The fraction of sp³-hybridized carbons (Fsp3) is 1.00. The van der Waals surface area contributed by atoms with Crippen LogP contribution in [0.25, 0.3) is 0 Å². The Kier molecular flexibility index (Phi) is 33.2. The van der Waals surface area contributed by atoms with Gasteiger partial charge in [0.2, 0.25) is 0 Å².